The second-order valence-electron chi connectivity index (χ2n) is 6.34. The van der Waals surface area contributed by atoms with Crippen LogP contribution in [0.4, 0.5) is 0 Å². The summed E-state index contributed by atoms with van der Waals surface area (Å²) in [5.74, 6) is 0.255. The summed E-state index contributed by atoms with van der Waals surface area (Å²) >= 11 is 0. The number of hydrogen-bond donors (Lipinski definition) is 1. The Kier molecular flexibility index (Phi) is 4.66. The van der Waals surface area contributed by atoms with Gasteiger partial charge in [-0.25, -0.2) is 4.98 Å². The van der Waals surface area contributed by atoms with Crippen molar-refractivity contribution in [1.29, 1.82) is 0 Å². The van der Waals surface area contributed by atoms with Crippen molar-refractivity contribution in [1.82, 2.24) is 28.8 Å². The zero-order valence-electron chi connectivity index (χ0n) is 14.1. The van der Waals surface area contributed by atoms with E-state index < -0.39 is 10.2 Å². The molecule has 2 aromatic heterocycles. The first-order valence-electron chi connectivity index (χ1n) is 7.87. The van der Waals surface area contributed by atoms with Gasteiger partial charge in [0, 0.05) is 39.1 Å². The maximum absolute atomic E-state index is 12.2. The van der Waals surface area contributed by atoms with Crippen LogP contribution in [0.5, 0.6) is 0 Å². The molecule has 130 valence electrons. The minimum absolute atomic E-state index is 0.255. The molecule has 0 saturated carbocycles. The van der Waals surface area contributed by atoms with Gasteiger partial charge in [-0.05, 0) is 31.7 Å². The fourth-order valence-electron chi connectivity index (χ4n) is 2.88. The zero-order valence-corrected chi connectivity index (χ0v) is 14.9. The van der Waals surface area contributed by atoms with Crippen LogP contribution < -0.4 is 0 Å². The Morgan fingerprint density at radius 3 is 2.79 bits per heavy atom. The van der Waals surface area contributed by atoms with E-state index in [0.717, 1.165) is 29.2 Å². The maximum atomic E-state index is 12.2. The molecule has 0 spiro atoms. The SMILES string of the molecule is Cc1cc(-c2cncc(C[C@@H]3CCN(S(=O)(=O)N(C)C)C3)n2)n[nH]1. The van der Waals surface area contributed by atoms with E-state index in [9.17, 15) is 8.42 Å². The third kappa shape index (κ3) is 3.47. The standard InChI is InChI=1S/C15H22N6O2S/c1-11-6-14(19-18-11)15-9-16-8-13(17-15)7-12-4-5-21(10-12)24(22,23)20(2)3/h6,8-9,12H,4-5,7,10H2,1-3H3,(H,18,19)/t12-/m0/s1. The van der Waals surface area contributed by atoms with Gasteiger partial charge in [0.05, 0.1) is 11.9 Å². The molecule has 1 N–H and O–H groups in total. The molecule has 0 unspecified atom stereocenters. The van der Waals surface area contributed by atoms with E-state index >= 15 is 0 Å². The highest BCUT2D eigenvalue weighted by molar-refractivity contribution is 7.86. The van der Waals surface area contributed by atoms with Gasteiger partial charge in [0.2, 0.25) is 0 Å². The molecule has 1 saturated heterocycles. The van der Waals surface area contributed by atoms with E-state index in [4.69, 9.17) is 0 Å². The number of nitrogens with zero attached hydrogens (tertiary/aromatic N) is 5. The quantitative estimate of drug-likeness (QED) is 0.862. The van der Waals surface area contributed by atoms with Gasteiger partial charge in [0.15, 0.2) is 0 Å². The summed E-state index contributed by atoms with van der Waals surface area (Å²) in [6, 6.07) is 1.93. The summed E-state index contributed by atoms with van der Waals surface area (Å²) in [4.78, 5) is 8.87. The molecule has 1 atom stereocenters. The number of aromatic nitrogens is 4. The zero-order chi connectivity index (χ0) is 17.3. The van der Waals surface area contributed by atoms with Crippen LogP contribution in [-0.4, -0.2) is 64.4 Å². The van der Waals surface area contributed by atoms with Crippen molar-refractivity contribution in [2.75, 3.05) is 27.2 Å². The number of H-pyrrole nitrogens is 1. The van der Waals surface area contributed by atoms with Gasteiger partial charge in [0.1, 0.15) is 11.4 Å². The summed E-state index contributed by atoms with van der Waals surface area (Å²) in [6.45, 7) is 3.01. The number of hydrogen-bond acceptors (Lipinski definition) is 5. The molecular weight excluding hydrogens is 328 g/mol. The van der Waals surface area contributed by atoms with Crippen molar-refractivity contribution in [2.45, 2.75) is 19.8 Å². The highest BCUT2D eigenvalue weighted by Crippen LogP contribution is 2.24. The summed E-state index contributed by atoms with van der Waals surface area (Å²) < 4.78 is 27.2. The molecule has 24 heavy (non-hydrogen) atoms. The van der Waals surface area contributed by atoms with E-state index in [1.807, 2.05) is 13.0 Å². The summed E-state index contributed by atoms with van der Waals surface area (Å²) in [7, 11) is -0.216. The Bertz CT molecular complexity index is 817. The largest absolute Gasteiger partial charge is 0.282 e. The van der Waals surface area contributed by atoms with Crippen LogP contribution in [0.1, 0.15) is 17.8 Å². The van der Waals surface area contributed by atoms with Gasteiger partial charge >= 0.3 is 0 Å². The number of rotatable bonds is 5. The third-order valence-electron chi connectivity index (χ3n) is 4.19. The van der Waals surface area contributed by atoms with Gasteiger partial charge in [-0.15, -0.1) is 0 Å². The second kappa shape index (κ2) is 6.58. The van der Waals surface area contributed by atoms with Crippen molar-refractivity contribution in [3.8, 4) is 11.4 Å². The van der Waals surface area contributed by atoms with E-state index in [1.54, 1.807) is 26.5 Å². The second-order valence-corrected chi connectivity index (χ2v) is 8.48. The lowest BCUT2D eigenvalue weighted by molar-refractivity contribution is 0.409. The minimum atomic E-state index is -3.33. The smallest absolute Gasteiger partial charge is 0.281 e. The molecule has 9 heteroatoms. The number of aromatic amines is 1. The van der Waals surface area contributed by atoms with Crippen LogP contribution in [0.15, 0.2) is 18.5 Å². The first kappa shape index (κ1) is 17.0. The summed E-state index contributed by atoms with van der Waals surface area (Å²) in [5, 5.41) is 7.10. The minimum Gasteiger partial charge on any atom is -0.282 e. The molecule has 1 aliphatic rings. The van der Waals surface area contributed by atoms with Crippen LogP contribution >= 0.6 is 0 Å². The van der Waals surface area contributed by atoms with Crippen molar-refractivity contribution >= 4 is 10.2 Å². The molecule has 0 radical (unpaired) electrons. The lowest BCUT2D eigenvalue weighted by Crippen LogP contribution is -2.38. The molecule has 3 rings (SSSR count). The molecule has 2 aromatic rings. The fraction of sp³-hybridized carbons (Fsp3) is 0.533. The van der Waals surface area contributed by atoms with Crippen molar-refractivity contribution in [2.24, 2.45) is 5.92 Å². The lowest BCUT2D eigenvalue weighted by Gasteiger charge is -2.20. The normalized spacial score (nSPS) is 19.2. The molecule has 1 fully saturated rings. The fourth-order valence-corrected chi connectivity index (χ4v) is 4.07. The molecular formula is C15H22N6O2S. The van der Waals surface area contributed by atoms with E-state index in [-0.39, 0.29) is 5.92 Å². The van der Waals surface area contributed by atoms with Crippen LogP contribution in [-0.2, 0) is 16.6 Å². The predicted octanol–water partition coefficient (Wildman–Crippen LogP) is 0.846. The van der Waals surface area contributed by atoms with Gasteiger partial charge in [-0.2, -0.15) is 22.1 Å². The molecule has 8 nitrogen and oxygen atoms in total. The topological polar surface area (TPSA) is 95.1 Å². The lowest BCUT2D eigenvalue weighted by atomic mass is 10.0. The van der Waals surface area contributed by atoms with Crippen molar-refractivity contribution < 1.29 is 8.42 Å². The Hall–Kier alpha value is -1.84. The molecule has 1 aliphatic heterocycles. The monoisotopic (exact) mass is 350 g/mol. The summed E-state index contributed by atoms with van der Waals surface area (Å²) in [6.07, 6.45) is 4.98. The average molecular weight is 350 g/mol. The van der Waals surface area contributed by atoms with E-state index in [1.165, 1.54) is 8.61 Å². The highest BCUT2D eigenvalue weighted by Gasteiger charge is 2.32. The maximum Gasteiger partial charge on any atom is 0.281 e. The van der Waals surface area contributed by atoms with Gasteiger partial charge in [0.25, 0.3) is 10.2 Å². The predicted molar refractivity (Wildman–Crippen MR) is 90.3 cm³/mol. The summed E-state index contributed by atoms with van der Waals surface area (Å²) in [5.41, 5.74) is 3.33. The Morgan fingerprint density at radius 1 is 1.33 bits per heavy atom. The number of aryl methyl sites for hydroxylation is 1. The van der Waals surface area contributed by atoms with Gasteiger partial charge < -0.3 is 0 Å². The average Bonchev–Trinajstić information content (AvgIpc) is 3.17. The first-order chi connectivity index (χ1) is 11.4. The molecule has 0 amide bonds. The van der Waals surface area contributed by atoms with E-state index in [0.29, 0.717) is 19.5 Å². The number of nitrogens with one attached hydrogen (secondary N) is 1. The molecule has 0 bridgehead atoms. The first-order valence-corrected chi connectivity index (χ1v) is 9.27. The molecule has 0 aliphatic carbocycles. The Labute approximate surface area is 142 Å². The van der Waals surface area contributed by atoms with Gasteiger partial charge in [-0.3, -0.25) is 10.1 Å². The van der Waals surface area contributed by atoms with E-state index in [2.05, 4.69) is 20.2 Å². The molecule has 3 heterocycles. The Balaban J connectivity index is 1.69. The van der Waals surface area contributed by atoms with Crippen LogP contribution in [0.2, 0.25) is 0 Å². The van der Waals surface area contributed by atoms with Crippen LogP contribution in [0.25, 0.3) is 11.4 Å². The highest BCUT2D eigenvalue weighted by atomic mass is 32.2. The third-order valence-corrected chi connectivity index (χ3v) is 6.09. The van der Waals surface area contributed by atoms with Crippen LogP contribution in [0, 0.1) is 12.8 Å². The molecule has 0 aromatic carbocycles. The van der Waals surface area contributed by atoms with Gasteiger partial charge in [-0.1, -0.05) is 0 Å². The Morgan fingerprint density at radius 2 is 2.12 bits per heavy atom. The van der Waals surface area contributed by atoms with Crippen molar-refractivity contribution in [3.05, 3.63) is 29.8 Å². The van der Waals surface area contributed by atoms with Crippen molar-refractivity contribution in [3.63, 3.8) is 0 Å². The van der Waals surface area contributed by atoms with Crippen LogP contribution in [0.3, 0.4) is 0 Å².